The van der Waals surface area contributed by atoms with Gasteiger partial charge in [0.2, 0.25) is 0 Å². The lowest BCUT2D eigenvalue weighted by Crippen LogP contribution is -2.39. The van der Waals surface area contributed by atoms with Gasteiger partial charge in [0.15, 0.2) is 5.76 Å². The van der Waals surface area contributed by atoms with E-state index in [2.05, 4.69) is 12.2 Å². The fraction of sp³-hybridized carbons (Fsp3) is 0.615. The predicted octanol–water partition coefficient (Wildman–Crippen LogP) is 1.35. The largest absolute Gasteiger partial charge is 0.459 e. The number of furan rings is 1. The standard InChI is InChI=1S/C13H18N2O2/c1-2-11-10-7-14-6-9(10)8-15(11)13(16)12-4-3-5-17-12/h3-5,9-11,14H,2,6-8H2,1H3. The zero-order valence-electron chi connectivity index (χ0n) is 10.1. The molecule has 1 aromatic rings. The molecule has 2 aliphatic rings. The molecule has 92 valence electrons. The lowest BCUT2D eigenvalue weighted by Gasteiger charge is -2.26. The molecule has 17 heavy (non-hydrogen) atoms. The summed E-state index contributed by atoms with van der Waals surface area (Å²) >= 11 is 0. The number of hydrogen-bond donors (Lipinski definition) is 1. The van der Waals surface area contributed by atoms with Crippen molar-refractivity contribution >= 4 is 5.91 Å². The van der Waals surface area contributed by atoms with E-state index in [0.29, 0.717) is 23.6 Å². The number of amides is 1. The van der Waals surface area contributed by atoms with E-state index in [1.54, 1.807) is 18.4 Å². The second kappa shape index (κ2) is 4.18. The van der Waals surface area contributed by atoms with E-state index in [1.807, 2.05) is 4.90 Å². The molecule has 0 aliphatic carbocycles. The van der Waals surface area contributed by atoms with E-state index in [9.17, 15) is 4.79 Å². The smallest absolute Gasteiger partial charge is 0.289 e. The minimum absolute atomic E-state index is 0.0521. The summed E-state index contributed by atoms with van der Waals surface area (Å²) in [5.41, 5.74) is 0. The van der Waals surface area contributed by atoms with Gasteiger partial charge in [-0.15, -0.1) is 0 Å². The summed E-state index contributed by atoms with van der Waals surface area (Å²) in [5, 5.41) is 3.42. The monoisotopic (exact) mass is 234 g/mol. The molecule has 0 radical (unpaired) electrons. The molecule has 4 nitrogen and oxygen atoms in total. The van der Waals surface area contributed by atoms with Gasteiger partial charge in [-0.25, -0.2) is 0 Å². The molecule has 3 unspecified atom stereocenters. The van der Waals surface area contributed by atoms with Crippen LogP contribution in [0.5, 0.6) is 0 Å². The minimum Gasteiger partial charge on any atom is -0.459 e. The van der Waals surface area contributed by atoms with Gasteiger partial charge >= 0.3 is 0 Å². The van der Waals surface area contributed by atoms with Crippen molar-refractivity contribution in [1.29, 1.82) is 0 Å². The molecular formula is C13H18N2O2. The Hall–Kier alpha value is -1.29. The highest BCUT2D eigenvalue weighted by molar-refractivity contribution is 5.92. The van der Waals surface area contributed by atoms with Crippen LogP contribution >= 0.6 is 0 Å². The molecule has 1 aromatic heterocycles. The van der Waals surface area contributed by atoms with Crippen LogP contribution in [0.25, 0.3) is 0 Å². The third kappa shape index (κ3) is 1.67. The number of rotatable bonds is 2. The van der Waals surface area contributed by atoms with Gasteiger partial charge in [0.25, 0.3) is 5.91 Å². The fourth-order valence-electron chi connectivity index (χ4n) is 3.32. The van der Waals surface area contributed by atoms with E-state index >= 15 is 0 Å². The summed E-state index contributed by atoms with van der Waals surface area (Å²) < 4.78 is 5.22. The SMILES string of the molecule is CCC1C2CNCC2CN1C(=O)c1ccco1. The zero-order valence-corrected chi connectivity index (χ0v) is 10.1. The number of carbonyl (C=O) groups excluding carboxylic acids is 1. The van der Waals surface area contributed by atoms with Crippen molar-refractivity contribution in [2.75, 3.05) is 19.6 Å². The highest BCUT2D eigenvalue weighted by atomic mass is 16.3. The Morgan fingerprint density at radius 2 is 2.47 bits per heavy atom. The molecule has 2 saturated heterocycles. The van der Waals surface area contributed by atoms with E-state index in [1.165, 1.54) is 0 Å². The Morgan fingerprint density at radius 3 is 3.18 bits per heavy atom. The van der Waals surface area contributed by atoms with Gasteiger partial charge in [0.05, 0.1) is 6.26 Å². The molecule has 1 N–H and O–H groups in total. The molecule has 0 bridgehead atoms. The molecule has 3 rings (SSSR count). The van der Waals surface area contributed by atoms with Gasteiger partial charge in [0, 0.05) is 25.7 Å². The molecule has 0 aromatic carbocycles. The maximum atomic E-state index is 12.3. The second-order valence-corrected chi connectivity index (χ2v) is 4.99. The number of likely N-dealkylation sites (tertiary alicyclic amines) is 1. The van der Waals surface area contributed by atoms with Crippen molar-refractivity contribution in [3.8, 4) is 0 Å². The van der Waals surface area contributed by atoms with Gasteiger partial charge in [0.1, 0.15) is 0 Å². The van der Waals surface area contributed by atoms with E-state index in [4.69, 9.17) is 4.42 Å². The van der Waals surface area contributed by atoms with Crippen molar-refractivity contribution in [2.45, 2.75) is 19.4 Å². The Morgan fingerprint density at radius 1 is 1.59 bits per heavy atom. The van der Waals surface area contributed by atoms with E-state index < -0.39 is 0 Å². The number of fused-ring (bicyclic) bond motifs is 1. The highest BCUT2D eigenvalue weighted by Gasteiger charge is 2.45. The van der Waals surface area contributed by atoms with Gasteiger partial charge in [-0.1, -0.05) is 6.92 Å². The molecular weight excluding hydrogens is 216 g/mol. The highest BCUT2D eigenvalue weighted by Crippen LogP contribution is 2.35. The molecule has 0 spiro atoms. The van der Waals surface area contributed by atoms with Crippen LogP contribution in [0.2, 0.25) is 0 Å². The first-order valence-corrected chi connectivity index (χ1v) is 6.36. The van der Waals surface area contributed by atoms with Crippen LogP contribution in [-0.2, 0) is 0 Å². The van der Waals surface area contributed by atoms with Crippen molar-refractivity contribution in [2.24, 2.45) is 11.8 Å². The Kier molecular flexibility index (Phi) is 2.67. The molecule has 4 heteroatoms. The molecule has 2 aliphatic heterocycles. The van der Waals surface area contributed by atoms with E-state index in [0.717, 1.165) is 26.1 Å². The second-order valence-electron chi connectivity index (χ2n) is 4.99. The van der Waals surface area contributed by atoms with Crippen molar-refractivity contribution in [3.63, 3.8) is 0 Å². The summed E-state index contributed by atoms with van der Waals surface area (Å²) in [6, 6.07) is 3.89. The number of nitrogens with one attached hydrogen (secondary N) is 1. The molecule has 2 fully saturated rings. The minimum atomic E-state index is 0.0521. The topological polar surface area (TPSA) is 45.5 Å². The van der Waals surface area contributed by atoms with Crippen LogP contribution in [0.1, 0.15) is 23.9 Å². The normalized spacial score (nSPS) is 31.8. The van der Waals surface area contributed by atoms with Gasteiger partial charge in [-0.2, -0.15) is 0 Å². The van der Waals surface area contributed by atoms with Crippen LogP contribution in [0.3, 0.4) is 0 Å². The average Bonchev–Trinajstić information content (AvgIpc) is 3.03. The van der Waals surface area contributed by atoms with Crippen LogP contribution in [0.15, 0.2) is 22.8 Å². The molecule has 3 atom stereocenters. The zero-order chi connectivity index (χ0) is 11.8. The number of carbonyl (C=O) groups is 1. The fourth-order valence-corrected chi connectivity index (χ4v) is 3.32. The Balaban J connectivity index is 1.81. The third-order valence-electron chi connectivity index (χ3n) is 4.13. The van der Waals surface area contributed by atoms with Crippen LogP contribution < -0.4 is 5.32 Å². The number of nitrogens with zero attached hydrogens (tertiary/aromatic N) is 1. The first-order valence-electron chi connectivity index (χ1n) is 6.36. The summed E-state index contributed by atoms with van der Waals surface area (Å²) in [6.45, 7) is 5.12. The maximum absolute atomic E-state index is 12.3. The van der Waals surface area contributed by atoms with Crippen molar-refractivity contribution < 1.29 is 9.21 Å². The van der Waals surface area contributed by atoms with Gasteiger partial charge in [-0.3, -0.25) is 4.79 Å². The first-order chi connectivity index (χ1) is 8.31. The first kappa shape index (κ1) is 10.8. The molecule has 1 amide bonds. The lowest BCUT2D eigenvalue weighted by molar-refractivity contribution is 0.0679. The quantitative estimate of drug-likeness (QED) is 0.840. The maximum Gasteiger partial charge on any atom is 0.289 e. The summed E-state index contributed by atoms with van der Waals surface area (Å²) in [4.78, 5) is 14.3. The third-order valence-corrected chi connectivity index (χ3v) is 4.13. The van der Waals surface area contributed by atoms with Crippen molar-refractivity contribution in [1.82, 2.24) is 10.2 Å². The summed E-state index contributed by atoms with van der Waals surface area (Å²) in [6.07, 6.45) is 2.59. The van der Waals surface area contributed by atoms with Crippen molar-refractivity contribution in [3.05, 3.63) is 24.2 Å². The Labute approximate surface area is 101 Å². The lowest BCUT2D eigenvalue weighted by atomic mass is 9.93. The summed E-state index contributed by atoms with van der Waals surface area (Å²) in [7, 11) is 0. The van der Waals surface area contributed by atoms with Gasteiger partial charge < -0.3 is 14.6 Å². The van der Waals surface area contributed by atoms with Gasteiger partial charge in [-0.05, 0) is 30.4 Å². The van der Waals surface area contributed by atoms with Crippen LogP contribution in [-0.4, -0.2) is 36.5 Å². The number of hydrogen-bond acceptors (Lipinski definition) is 3. The molecule has 3 heterocycles. The summed E-state index contributed by atoms with van der Waals surface area (Å²) in [5.74, 6) is 1.77. The van der Waals surface area contributed by atoms with Crippen LogP contribution in [0.4, 0.5) is 0 Å². The van der Waals surface area contributed by atoms with E-state index in [-0.39, 0.29) is 5.91 Å². The van der Waals surface area contributed by atoms with Crippen LogP contribution in [0, 0.1) is 11.8 Å². The molecule has 0 saturated carbocycles. The predicted molar refractivity (Wildman–Crippen MR) is 63.7 cm³/mol. The Bertz CT molecular complexity index is 402. The average molecular weight is 234 g/mol.